The van der Waals surface area contributed by atoms with Gasteiger partial charge in [0.25, 0.3) is 5.91 Å². The Bertz CT molecular complexity index is 1100. The summed E-state index contributed by atoms with van der Waals surface area (Å²) in [6, 6.07) is 5.84. The number of hydrogen-bond donors (Lipinski definition) is 2. The molecule has 0 saturated carbocycles. The molecule has 4 aromatic heterocycles. The SMILES string of the molecule is Cc1cc(C(=O)NCCn2ncc3c(NCc4cccs4)ncnc32)c(C)o1. The van der Waals surface area contributed by atoms with E-state index in [0.717, 1.165) is 22.6 Å². The van der Waals surface area contributed by atoms with Crippen molar-refractivity contribution < 1.29 is 9.21 Å². The van der Waals surface area contributed by atoms with Crippen LogP contribution in [0, 0.1) is 13.8 Å². The molecule has 0 aliphatic heterocycles. The summed E-state index contributed by atoms with van der Waals surface area (Å²) in [5, 5.41) is 13.5. The van der Waals surface area contributed by atoms with E-state index >= 15 is 0 Å². The van der Waals surface area contributed by atoms with Gasteiger partial charge in [-0.3, -0.25) is 4.79 Å². The fraction of sp³-hybridized carbons (Fsp3) is 0.263. The van der Waals surface area contributed by atoms with Crippen LogP contribution in [0.5, 0.6) is 0 Å². The molecule has 0 aliphatic rings. The molecule has 0 aliphatic carbocycles. The first-order valence-electron chi connectivity index (χ1n) is 8.90. The van der Waals surface area contributed by atoms with Gasteiger partial charge in [0.1, 0.15) is 23.7 Å². The molecule has 0 spiro atoms. The third kappa shape index (κ3) is 3.74. The summed E-state index contributed by atoms with van der Waals surface area (Å²) in [5.74, 6) is 1.94. The zero-order chi connectivity index (χ0) is 19.5. The highest BCUT2D eigenvalue weighted by atomic mass is 32.1. The maximum absolute atomic E-state index is 12.3. The number of aromatic nitrogens is 4. The van der Waals surface area contributed by atoms with E-state index < -0.39 is 0 Å². The molecule has 2 N–H and O–H groups in total. The number of carbonyl (C=O) groups excluding carboxylic acids is 1. The van der Waals surface area contributed by atoms with Gasteiger partial charge in [0.15, 0.2) is 5.65 Å². The molecule has 9 heteroatoms. The molecular weight excluding hydrogens is 376 g/mol. The summed E-state index contributed by atoms with van der Waals surface area (Å²) in [6.45, 7) is 5.25. The maximum Gasteiger partial charge on any atom is 0.254 e. The smallest absolute Gasteiger partial charge is 0.254 e. The van der Waals surface area contributed by atoms with E-state index in [0.29, 0.717) is 31.0 Å². The second-order valence-electron chi connectivity index (χ2n) is 6.34. The standard InChI is InChI=1S/C19H20N6O2S/c1-12-8-15(13(2)27-12)19(26)20-5-6-25-18-16(10-24-25)17(22-11-23-18)21-9-14-4-3-7-28-14/h3-4,7-8,10-11H,5-6,9H2,1-2H3,(H,20,26)(H,21,22,23). The molecule has 0 saturated heterocycles. The first-order valence-corrected chi connectivity index (χ1v) is 9.78. The minimum absolute atomic E-state index is 0.154. The van der Waals surface area contributed by atoms with Crippen molar-refractivity contribution in [2.24, 2.45) is 0 Å². The van der Waals surface area contributed by atoms with Crippen molar-refractivity contribution in [2.45, 2.75) is 26.9 Å². The number of furan rings is 1. The van der Waals surface area contributed by atoms with Gasteiger partial charge >= 0.3 is 0 Å². The lowest BCUT2D eigenvalue weighted by Gasteiger charge is -2.07. The Morgan fingerprint density at radius 1 is 1.32 bits per heavy atom. The van der Waals surface area contributed by atoms with Crippen LogP contribution in [-0.4, -0.2) is 32.2 Å². The third-order valence-corrected chi connectivity index (χ3v) is 5.21. The van der Waals surface area contributed by atoms with Gasteiger partial charge in [-0.15, -0.1) is 11.3 Å². The molecule has 8 nitrogen and oxygen atoms in total. The van der Waals surface area contributed by atoms with Gasteiger partial charge < -0.3 is 15.1 Å². The Morgan fingerprint density at radius 3 is 2.96 bits per heavy atom. The van der Waals surface area contributed by atoms with Crippen molar-refractivity contribution in [3.63, 3.8) is 0 Å². The minimum atomic E-state index is -0.154. The van der Waals surface area contributed by atoms with Crippen LogP contribution in [0.25, 0.3) is 11.0 Å². The first kappa shape index (κ1) is 18.2. The Morgan fingerprint density at radius 2 is 2.21 bits per heavy atom. The number of amides is 1. The predicted octanol–water partition coefficient (Wildman–Crippen LogP) is 3.14. The maximum atomic E-state index is 12.3. The second-order valence-corrected chi connectivity index (χ2v) is 7.38. The molecule has 4 heterocycles. The fourth-order valence-corrected chi connectivity index (χ4v) is 3.65. The number of fused-ring (bicyclic) bond motifs is 1. The van der Waals surface area contributed by atoms with Crippen molar-refractivity contribution in [3.05, 3.63) is 58.1 Å². The average molecular weight is 396 g/mol. The number of hydrogen-bond acceptors (Lipinski definition) is 7. The highest BCUT2D eigenvalue weighted by molar-refractivity contribution is 7.09. The first-order chi connectivity index (χ1) is 13.6. The van der Waals surface area contributed by atoms with E-state index in [9.17, 15) is 4.79 Å². The molecule has 0 aromatic carbocycles. The topological polar surface area (TPSA) is 97.9 Å². The molecule has 0 atom stereocenters. The highest BCUT2D eigenvalue weighted by Crippen LogP contribution is 2.20. The van der Waals surface area contributed by atoms with Gasteiger partial charge in [-0.2, -0.15) is 5.10 Å². The minimum Gasteiger partial charge on any atom is -0.466 e. The summed E-state index contributed by atoms with van der Waals surface area (Å²) >= 11 is 1.69. The van der Waals surface area contributed by atoms with Crippen LogP contribution in [0.3, 0.4) is 0 Å². The molecule has 0 unspecified atom stereocenters. The molecule has 4 rings (SSSR count). The average Bonchev–Trinajstić information content (AvgIpc) is 3.40. The van der Waals surface area contributed by atoms with Crippen molar-refractivity contribution in [3.8, 4) is 0 Å². The van der Waals surface area contributed by atoms with Crippen LogP contribution in [0.1, 0.15) is 26.8 Å². The molecular formula is C19H20N6O2S. The fourth-order valence-electron chi connectivity index (χ4n) is 3.01. The Hall–Kier alpha value is -3.20. The van der Waals surface area contributed by atoms with Gasteiger partial charge in [-0.1, -0.05) is 6.07 Å². The number of rotatable bonds is 7. The summed E-state index contributed by atoms with van der Waals surface area (Å²) in [6.07, 6.45) is 3.27. The lowest BCUT2D eigenvalue weighted by Crippen LogP contribution is -2.27. The van der Waals surface area contributed by atoms with E-state index in [1.54, 1.807) is 35.2 Å². The number of thiophene rings is 1. The van der Waals surface area contributed by atoms with E-state index in [4.69, 9.17) is 4.42 Å². The van der Waals surface area contributed by atoms with Crippen molar-refractivity contribution in [1.82, 2.24) is 25.1 Å². The second kappa shape index (κ2) is 7.81. The summed E-state index contributed by atoms with van der Waals surface area (Å²) in [7, 11) is 0. The van der Waals surface area contributed by atoms with Gasteiger partial charge in [0, 0.05) is 11.4 Å². The van der Waals surface area contributed by atoms with Crippen LogP contribution in [0.15, 0.2) is 40.5 Å². The summed E-state index contributed by atoms with van der Waals surface area (Å²) in [4.78, 5) is 22.2. The largest absolute Gasteiger partial charge is 0.466 e. The molecule has 0 bridgehead atoms. The highest BCUT2D eigenvalue weighted by Gasteiger charge is 2.14. The van der Waals surface area contributed by atoms with Gasteiger partial charge in [-0.25, -0.2) is 14.6 Å². The van der Waals surface area contributed by atoms with Crippen molar-refractivity contribution >= 4 is 34.1 Å². The van der Waals surface area contributed by atoms with Crippen LogP contribution in [0.4, 0.5) is 5.82 Å². The molecule has 4 aromatic rings. The number of nitrogens with zero attached hydrogens (tertiary/aromatic N) is 4. The van der Waals surface area contributed by atoms with Crippen molar-refractivity contribution in [1.29, 1.82) is 0 Å². The van der Waals surface area contributed by atoms with Gasteiger partial charge in [0.2, 0.25) is 0 Å². The molecule has 144 valence electrons. The van der Waals surface area contributed by atoms with Crippen LogP contribution < -0.4 is 10.6 Å². The quantitative estimate of drug-likeness (QED) is 0.498. The van der Waals surface area contributed by atoms with E-state index in [-0.39, 0.29) is 5.91 Å². The Balaban J connectivity index is 1.41. The zero-order valence-electron chi connectivity index (χ0n) is 15.6. The predicted molar refractivity (Wildman–Crippen MR) is 107 cm³/mol. The molecule has 28 heavy (non-hydrogen) atoms. The number of aryl methyl sites for hydroxylation is 2. The lowest BCUT2D eigenvalue weighted by molar-refractivity contribution is 0.0950. The number of anilines is 1. The van der Waals surface area contributed by atoms with E-state index in [1.165, 1.54) is 11.2 Å². The van der Waals surface area contributed by atoms with Crippen molar-refractivity contribution in [2.75, 3.05) is 11.9 Å². The van der Waals surface area contributed by atoms with Crippen LogP contribution in [-0.2, 0) is 13.1 Å². The third-order valence-electron chi connectivity index (χ3n) is 4.34. The Labute approximate surface area is 165 Å². The van der Waals surface area contributed by atoms with Crippen LogP contribution >= 0.6 is 11.3 Å². The lowest BCUT2D eigenvalue weighted by atomic mass is 10.2. The summed E-state index contributed by atoms with van der Waals surface area (Å²) in [5.41, 5.74) is 1.29. The number of carbonyl (C=O) groups is 1. The molecule has 1 amide bonds. The van der Waals surface area contributed by atoms with E-state index in [2.05, 4.69) is 31.8 Å². The number of nitrogens with one attached hydrogen (secondary N) is 2. The van der Waals surface area contributed by atoms with Gasteiger partial charge in [-0.05, 0) is 31.4 Å². The van der Waals surface area contributed by atoms with Crippen LogP contribution in [0.2, 0.25) is 0 Å². The zero-order valence-corrected chi connectivity index (χ0v) is 16.4. The Kier molecular flexibility index (Phi) is 5.07. The normalized spacial score (nSPS) is 11.1. The van der Waals surface area contributed by atoms with E-state index in [1.807, 2.05) is 18.4 Å². The van der Waals surface area contributed by atoms with Gasteiger partial charge in [0.05, 0.1) is 30.2 Å². The monoisotopic (exact) mass is 396 g/mol. The molecule has 0 radical (unpaired) electrons. The molecule has 0 fully saturated rings. The summed E-state index contributed by atoms with van der Waals surface area (Å²) < 4.78 is 7.17.